The van der Waals surface area contributed by atoms with Gasteiger partial charge in [-0.25, -0.2) is 0 Å². The van der Waals surface area contributed by atoms with Gasteiger partial charge in [0.1, 0.15) is 0 Å². The van der Waals surface area contributed by atoms with Crippen molar-refractivity contribution in [3.8, 4) is 0 Å². The van der Waals surface area contributed by atoms with E-state index in [2.05, 4.69) is 65.5 Å². The Morgan fingerprint density at radius 3 is 1.06 bits per heavy atom. The van der Waals surface area contributed by atoms with Crippen molar-refractivity contribution >= 4 is 41.0 Å². The first-order chi connectivity index (χ1) is 7.17. The van der Waals surface area contributed by atoms with Gasteiger partial charge in [0.25, 0.3) is 0 Å². The Morgan fingerprint density at radius 2 is 1.00 bits per heavy atom. The van der Waals surface area contributed by atoms with Gasteiger partial charge in [0, 0.05) is 34.4 Å². The molecule has 0 unspecified atom stereocenters. The van der Waals surface area contributed by atoms with Gasteiger partial charge in [-0.1, -0.05) is 77.1 Å². The van der Waals surface area contributed by atoms with Crippen molar-refractivity contribution in [2.24, 2.45) is 0 Å². The van der Waals surface area contributed by atoms with E-state index >= 15 is 0 Å². The van der Waals surface area contributed by atoms with Crippen LogP contribution in [0, 0.1) is 0 Å². The Morgan fingerprint density at radius 1 is 0.765 bits per heavy atom. The van der Waals surface area contributed by atoms with Crippen molar-refractivity contribution in [2.75, 3.05) is 0 Å². The van der Waals surface area contributed by atoms with Crippen LogP contribution in [0.5, 0.6) is 0 Å². The van der Waals surface area contributed by atoms with E-state index in [4.69, 9.17) is 11.6 Å². The lowest BCUT2D eigenvalue weighted by Gasteiger charge is -2.57. The molecule has 0 aromatic carbocycles. The molecule has 0 bridgehead atoms. The number of allylic oxidation sites excluding steroid dienone is 1. The highest BCUT2D eigenvalue weighted by atomic mass is 35.5. The van der Waals surface area contributed by atoms with E-state index in [1.54, 1.807) is 0 Å². The third kappa shape index (κ3) is 3.47. The minimum atomic E-state index is -1.28. The highest BCUT2D eigenvalue weighted by Crippen LogP contribution is 2.42. The molecule has 0 fully saturated rings. The van der Waals surface area contributed by atoms with Crippen molar-refractivity contribution in [2.45, 2.75) is 65.0 Å². The van der Waals surface area contributed by atoms with Crippen LogP contribution in [0.4, 0.5) is 0 Å². The van der Waals surface area contributed by atoms with E-state index in [-0.39, 0.29) is 0 Å². The molecule has 5 heteroatoms. The lowest BCUT2D eigenvalue weighted by Crippen LogP contribution is -2.82. The summed E-state index contributed by atoms with van der Waals surface area (Å²) >= 11 is 6.29. The zero-order valence-electron chi connectivity index (χ0n) is 13.3. The van der Waals surface area contributed by atoms with Gasteiger partial charge in [-0.05, 0) is 6.04 Å². The molecule has 0 rings (SSSR count). The number of rotatable bonds is 5. The second-order valence-corrected chi connectivity index (χ2v) is 50.2. The average Bonchev–Trinajstić information content (AvgIpc) is 1.91. The maximum absolute atomic E-state index is 6.29. The normalized spacial score (nSPS) is 14.9. The van der Waals surface area contributed by atoms with Gasteiger partial charge in [-0.2, -0.15) is 0 Å². The van der Waals surface area contributed by atoms with E-state index < -0.39 is 29.4 Å². The Bertz CT molecular complexity index is 255. The van der Waals surface area contributed by atoms with E-state index in [0.29, 0.717) is 0 Å². The summed E-state index contributed by atoms with van der Waals surface area (Å²) in [7, 11) is -3.46. The Kier molecular flexibility index (Phi) is 5.38. The van der Waals surface area contributed by atoms with Gasteiger partial charge in [-0.15, -0.1) is 0 Å². The standard InChI is InChI=1S/C12H31ClSi4/c1-12(13)11-17(14(2,3)4,15(5,6)7)16(8,9)10/h1,11H2,2-10H3. The second-order valence-electron chi connectivity index (χ2n) is 8.35. The van der Waals surface area contributed by atoms with Gasteiger partial charge in [0.15, 0.2) is 0 Å². The predicted molar refractivity (Wildman–Crippen MR) is 95.6 cm³/mol. The molecule has 0 nitrogen and oxygen atoms in total. The number of halogens is 1. The van der Waals surface area contributed by atoms with Crippen LogP contribution in [0.25, 0.3) is 0 Å². The summed E-state index contributed by atoms with van der Waals surface area (Å²) in [5, 5.41) is 0.934. The predicted octanol–water partition coefficient (Wildman–Crippen LogP) is 5.44. The van der Waals surface area contributed by atoms with Crippen LogP contribution in [0.15, 0.2) is 11.6 Å². The van der Waals surface area contributed by atoms with Crippen molar-refractivity contribution in [1.82, 2.24) is 0 Å². The molecule has 0 spiro atoms. The molecule has 0 saturated carbocycles. The molecular formula is C12H31ClSi4. The first kappa shape index (κ1) is 17.9. The summed E-state index contributed by atoms with van der Waals surface area (Å²) in [6.45, 7) is 26.1. The first-order valence-corrected chi connectivity index (χ1v) is 22.6. The fourth-order valence-electron chi connectivity index (χ4n) is 4.46. The van der Waals surface area contributed by atoms with Crippen LogP contribution in [0.2, 0.25) is 65.0 Å². The summed E-state index contributed by atoms with van der Waals surface area (Å²) in [4.78, 5) is 0. The Balaban J connectivity index is 6.02. The van der Waals surface area contributed by atoms with Crippen molar-refractivity contribution < 1.29 is 0 Å². The monoisotopic (exact) mass is 322 g/mol. The molecular weight excluding hydrogens is 292 g/mol. The lowest BCUT2D eigenvalue weighted by molar-refractivity contribution is 1.56. The Labute approximate surface area is 117 Å². The van der Waals surface area contributed by atoms with E-state index in [1.165, 1.54) is 6.04 Å². The largest absolute Gasteiger partial charge is 0.0901 e. The molecule has 17 heavy (non-hydrogen) atoms. The van der Waals surface area contributed by atoms with Crippen LogP contribution in [-0.2, 0) is 0 Å². The third-order valence-corrected chi connectivity index (χ3v) is 78.4. The molecule has 0 N–H and O–H groups in total. The van der Waals surface area contributed by atoms with E-state index in [1.807, 2.05) is 0 Å². The molecule has 0 amide bonds. The van der Waals surface area contributed by atoms with Crippen molar-refractivity contribution in [3.05, 3.63) is 11.6 Å². The van der Waals surface area contributed by atoms with E-state index in [0.717, 1.165) is 5.03 Å². The minimum Gasteiger partial charge on any atom is -0.0901 e. The van der Waals surface area contributed by atoms with Gasteiger partial charge in [-0.3, -0.25) is 0 Å². The molecule has 0 heterocycles. The molecule has 0 aliphatic rings. The SMILES string of the molecule is C=C(Cl)C[Si]([Si](C)(C)C)([Si](C)(C)C)[Si](C)(C)C. The maximum atomic E-state index is 6.29. The summed E-state index contributed by atoms with van der Waals surface area (Å²) in [6.07, 6.45) is 0. The van der Waals surface area contributed by atoms with Crippen molar-refractivity contribution in [1.29, 1.82) is 0 Å². The molecule has 0 aromatic heterocycles. The van der Waals surface area contributed by atoms with Crippen molar-refractivity contribution in [3.63, 3.8) is 0 Å². The highest BCUT2D eigenvalue weighted by Gasteiger charge is 2.61. The quantitative estimate of drug-likeness (QED) is 0.591. The van der Waals surface area contributed by atoms with Crippen LogP contribution in [0.3, 0.4) is 0 Å². The van der Waals surface area contributed by atoms with Gasteiger partial charge >= 0.3 is 0 Å². The Hall–Kier alpha value is 0.898. The summed E-state index contributed by atoms with van der Waals surface area (Å²) in [5.41, 5.74) is 0. The van der Waals surface area contributed by atoms with Crippen LogP contribution in [0.1, 0.15) is 0 Å². The first-order valence-electron chi connectivity index (χ1n) is 6.50. The third-order valence-electron chi connectivity index (χ3n) is 4.30. The fraction of sp³-hybridized carbons (Fsp3) is 0.833. The van der Waals surface area contributed by atoms with Crippen LogP contribution in [-0.4, -0.2) is 29.4 Å². The topological polar surface area (TPSA) is 0 Å². The highest BCUT2D eigenvalue weighted by molar-refractivity contribution is 7.89. The maximum Gasteiger partial charge on any atom is 0.0431 e. The molecule has 0 saturated heterocycles. The second kappa shape index (κ2) is 5.11. The number of hydrogen-bond acceptors (Lipinski definition) is 0. The molecule has 0 aromatic rings. The summed E-state index contributed by atoms with van der Waals surface area (Å²) < 4.78 is 0. The average molecular weight is 323 g/mol. The molecule has 0 aliphatic heterocycles. The lowest BCUT2D eigenvalue weighted by atomic mass is 10.7. The molecule has 0 radical (unpaired) electrons. The smallest absolute Gasteiger partial charge is 0.0431 e. The molecule has 0 atom stereocenters. The summed E-state index contributed by atoms with van der Waals surface area (Å²) in [5.74, 6) is 0. The fourth-order valence-corrected chi connectivity index (χ4v) is 103. The summed E-state index contributed by atoms with van der Waals surface area (Å²) in [6, 6.07) is 1.19. The molecule has 102 valence electrons. The minimum absolute atomic E-state index is 0.934. The van der Waals surface area contributed by atoms with E-state index in [9.17, 15) is 0 Å². The van der Waals surface area contributed by atoms with Gasteiger partial charge < -0.3 is 0 Å². The van der Waals surface area contributed by atoms with Gasteiger partial charge in [0.2, 0.25) is 0 Å². The molecule has 0 aliphatic carbocycles. The zero-order chi connectivity index (χ0) is 14.3. The number of hydrogen-bond donors (Lipinski definition) is 0. The van der Waals surface area contributed by atoms with Crippen LogP contribution < -0.4 is 0 Å². The zero-order valence-corrected chi connectivity index (χ0v) is 18.0. The van der Waals surface area contributed by atoms with Gasteiger partial charge in [0.05, 0.1) is 0 Å². The van der Waals surface area contributed by atoms with Crippen LogP contribution >= 0.6 is 11.6 Å².